The van der Waals surface area contributed by atoms with Crippen LogP contribution < -0.4 is 10.2 Å². The number of anilines is 2. The monoisotopic (exact) mass is 315 g/mol. The van der Waals surface area contributed by atoms with Gasteiger partial charge in [0, 0.05) is 13.1 Å². The normalized spacial score (nSPS) is 20.3. The molecule has 0 fully saturated rings. The van der Waals surface area contributed by atoms with E-state index in [1.807, 2.05) is 11.8 Å². The van der Waals surface area contributed by atoms with E-state index in [4.69, 9.17) is 0 Å². The number of amides is 1. The van der Waals surface area contributed by atoms with Crippen molar-refractivity contribution in [3.05, 3.63) is 23.3 Å². The zero-order valence-electron chi connectivity index (χ0n) is 14.7. The summed E-state index contributed by atoms with van der Waals surface area (Å²) in [6, 6.07) is 4.42. The first-order chi connectivity index (χ1) is 11.1. The van der Waals surface area contributed by atoms with Crippen LogP contribution in [0.2, 0.25) is 0 Å². The van der Waals surface area contributed by atoms with E-state index in [-0.39, 0.29) is 11.9 Å². The summed E-state index contributed by atoms with van der Waals surface area (Å²) in [7, 11) is 0. The number of aryl methyl sites for hydroxylation is 2. The summed E-state index contributed by atoms with van der Waals surface area (Å²) in [5.74, 6) is 0.195. The van der Waals surface area contributed by atoms with Crippen molar-refractivity contribution in [1.82, 2.24) is 4.90 Å². The van der Waals surface area contributed by atoms with E-state index in [9.17, 15) is 4.79 Å². The summed E-state index contributed by atoms with van der Waals surface area (Å²) < 4.78 is 0. The Morgan fingerprint density at radius 1 is 1.17 bits per heavy atom. The van der Waals surface area contributed by atoms with Crippen molar-refractivity contribution in [2.24, 2.45) is 0 Å². The van der Waals surface area contributed by atoms with Crippen LogP contribution in [0.15, 0.2) is 12.1 Å². The van der Waals surface area contributed by atoms with Crippen molar-refractivity contribution >= 4 is 17.3 Å². The van der Waals surface area contributed by atoms with Gasteiger partial charge in [0.05, 0.1) is 11.4 Å². The minimum atomic E-state index is -0.138. The molecule has 0 saturated carbocycles. The van der Waals surface area contributed by atoms with Gasteiger partial charge in [0.1, 0.15) is 6.04 Å². The molecule has 1 aromatic carbocycles. The van der Waals surface area contributed by atoms with Crippen LogP contribution in [0, 0.1) is 0 Å². The number of benzene rings is 1. The fraction of sp³-hybridized carbons (Fsp3) is 0.632. The Bertz CT molecular complexity index is 580. The van der Waals surface area contributed by atoms with E-state index in [1.54, 1.807) is 0 Å². The van der Waals surface area contributed by atoms with Gasteiger partial charge >= 0.3 is 0 Å². The lowest BCUT2D eigenvalue weighted by Crippen LogP contribution is -2.48. The Morgan fingerprint density at radius 2 is 1.83 bits per heavy atom. The van der Waals surface area contributed by atoms with E-state index in [2.05, 4.69) is 36.2 Å². The first-order valence-electron chi connectivity index (χ1n) is 9.10. The second-order valence-corrected chi connectivity index (χ2v) is 6.73. The molecule has 23 heavy (non-hydrogen) atoms. The zero-order chi connectivity index (χ0) is 16.4. The summed E-state index contributed by atoms with van der Waals surface area (Å²) in [5, 5.41) is 3.40. The van der Waals surface area contributed by atoms with Gasteiger partial charge in [-0.2, -0.15) is 0 Å². The molecule has 0 radical (unpaired) electrons. The number of nitrogens with one attached hydrogen (secondary N) is 1. The van der Waals surface area contributed by atoms with Crippen molar-refractivity contribution in [3.63, 3.8) is 0 Å². The van der Waals surface area contributed by atoms with Crippen LogP contribution in [0.1, 0.15) is 44.7 Å². The maximum atomic E-state index is 12.7. The minimum absolute atomic E-state index is 0.138. The number of rotatable bonds is 5. The van der Waals surface area contributed by atoms with Gasteiger partial charge in [0.2, 0.25) is 5.91 Å². The quantitative estimate of drug-likeness (QED) is 0.907. The lowest BCUT2D eigenvalue weighted by molar-refractivity contribution is -0.119. The summed E-state index contributed by atoms with van der Waals surface area (Å²) in [4.78, 5) is 17.1. The number of fused-ring (bicyclic) bond motifs is 2. The summed E-state index contributed by atoms with van der Waals surface area (Å²) >= 11 is 0. The van der Waals surface area contributed by atoms with Gasteiger partial charge in [-0.1, -0.05) is 13.8 Å². The highest BCUT2D eigenvalue weighted by molar-refractivity contribution is 6.05. The minimum Gasteiger partial charge on any atom is -0.372 e. The number of nitrogens with zero attached hydrogens (tertiary/aromatic N) is 2. The molecule has 0 saturated heterocycles. The molecule has 3 rings (SSSR count). The molecule has 1 unspecified atom stereocenters. The molecule has 4 heteroatoms. The molecule has 2 aliphatic rings. The highest BCUT2D eigenvalue weighted by Crippen LogP contribution is 2.36. The lowest BCUT2D eigenvalue weighted by atomic mass is 9.90. The van der Waals surface area contributed by atoms with Crippen molar-refractivity contribution in [2.45, 2.75) is 52.5 Å². The average Bonchev–Trinajstić information content (AvgIpc) is 2.57. The molecule has 0 spiro atoms. The predicted molar refractivity (Wildman–Crippen MR) is 96.3 cm³/mol. The lowest BCUT2D eigenvalue weighted by Gasteiger charge is -2.36. The van der Waals surface area contributed by atoms with E-state index < -0.39 is 0 Å². The fourth-order valence-electron chi connectivity index (χ4n) is 3.77. The number of carbonyl (C=O) groups is 1. The van der Waals surface area contributed by atoms with Gasteiger partial charge in [-0.3, -0.25) is 4.79 Å². The number of carbonyl (C=O) groups excluding carboxylic acids is 1. The third-order valence-electron chi connectivity index (χ3n) is 5.29. The zero-order valence-corrected chi connectivity index (χ0v) is 14.7. The Labute approximate surface area is 139 Å². The standard InChI is InChI=1S/C19H29N3O/c1-4-21(5-2)10-11-22-18-13-16-9-7-6-8-15(16)12-17(18)20-14(3)19(22)23/h12-14,20H,4-11H2,1-3H3. The van der Waals surface area contributed by atoms with Gasteiger partial charge in [-0.25, -0.2) is 0 Å². The van der Waals surface area contributed by atoms with Gasteiger partial charge in [-0.15, -0.1) is 0 Å². The highest BCUT2D eigenvalue weighted by Gasteiger charge is 2.30. The largest absolute Gasteiger partial charge is 0.372 e. The number of hydrogen-bond donors (Lipinski definition) is 1. The first kappa shape index (κ1) is 16.3. The van der Waals surface area contributed by atoms with Crippen LogP contribution in [0.3, 0.4) is 0 Å². The molecule has 1 aromatic rings. The summed E-state index contributed by atoms with van der Waals surface area (Å²) in [5.41, 5.74) is 5.12. The highest BCUT2D eigenvalue weighted by atomic mass is 16.2. The maximum absolute atomic E-state index is 12.7. The molecule has 126 valence electrons. The van der Waals surface area contributed by atoms with E-state index in [1.165, 1.54) is 30.4 Å². The average molecular weight is 315 g/mol. The first-order valence-corrected chi connectivity index (χ1v) is 9.10. The van der Waals surface area contributed by atoms with Crippen LogP contribution in [0.25, 0.3) is 0 Å². The molecule has 4 nitrogen and oxygen atoms in total. The van der Waals surface area contributed by atoms with Crippen LogP contribution in [0.5, 0.6) is 0 Å². The van der Waals surface area contributed by atoms with Crippen molar-refractivity contribution in [1.29, 1.82) is 0 Å². The fourth-order valence-corrected chi connectivity index (χ4v) is 3.77. The Hall–Kier alpha value is -1.55. The van der Waals surface area contributed by atoms with E-state index >= 15 is 0 Å². The van der Waals surface area contributed by atoms with Crippen LogP contribution >= 0.6 is 0 Å². The number of hydrogen-bond acceptors (Lipinski definition) is 3. The maximum Gasteiger partial charge on any atom is 0.249 e. The van der Waals surface area contributed by atoms with Crippen LogP contribution in [-0.4, -0.2) is 43.0 Å². The molecule has 1 aliphatic heterocycles. The van der Waals surface area contributed by atoms with Crippen LogP contribution in [0.4, 0.5) is 11.4 Å². The third-order valence-corrected chi connectivity index (χ3v) is 5.29. The van der Waals surface area contributed by atoms with Crippen molar-refractivity contribution in [3.8, 4) is 0 Å². The second-order valence-electron chi connectivity index (χ2n) is 6.73. The molecule has 1 atom stereocenters. The van der Waals surface area contributed by atoms with E-state index in [0.717, 1.165) is 44.0 Å². The van der Waals surface area contributed by atoms with Gasteiger partial charge in [-0.05, 0) is 69.0 Å². The SMILES string of the molecule is CCN(CC)CCN1C(=O)C(C)Nc2cc3c(cc21)CCCC3. The van der Waals surface area contributed by atoms with Crippen molar-refractivity contribution < 1.29 is 4.79 Å². The van der Waals surface area contributed by atoms with Gasteiger partial charge in [0.25, 0.3) is 0 Å². The van der Waals surface area contributed by atoms with Crippen LogP contribution in [-0.2, 0) is 17.6 Å². The van der Waals surface area contributed by atoms with Crippen molar-refractivity contribution in [2.75, 3.05) is 36.4 Å². The Kier molecular flexibility index (Phi) is 4.90. The summed E-state index contributed by atoms with van der Waals surface area (Å²) in [6.45, 7) is 10.1. The molecule has 1 aliphatic carbocycles. The Morgan fingerprint density at radius 3 is 2.48 bits per heavy atom. The van der Waals surface area contributed by atoms with Gasteiger partial charge in [0.15, 0.2) is 0 Å². The third kappa shape index (κ3) is 3.23. The summed E-state index contributed by atoms with van der Waals surface area (Å²) in [6.07, 6.45) is 4.87. The molecule has 0 aromatic heterocycles. The smallest absolute Gasteiger partial charge is 0.249 e. The Balaban J connectivity index is 1.89. The molecule has 1 amide bonds. The molecule has 1 heterocycles. The number of likely N-dealkylation sites (N-methyl/N-ethyl adjacent to an activating group) is 1. The predicted octanol–water partition coefficient (Wildman–Crippen LogP) is 3.05. The topological polar surface area (TPSA) is 35.6 Å². The molecular formula is C19H29N3O. The van der Waals surface area contributed by atoms with Gasteiger partial charge < -0.3 is 15.1 Å². The molecule has 0 bridgehead atoms. The molecular weight excluding hydrogens is 286 g/mol. The van der Waals surface area contributed by atoms with E-state index in [0.29, 0.717) is 0 Å². The molecule has 1 N–H and O–H groups in total. The second kappa shape index (κ2) is 6.91.